The van der Waals surface area contributed by atoms with Crippen LogP contribution in [-0.4, -0.2) is 23.3 Å². The molecule has 0 amide bonds. The molecule has 0 N–H and O–H groups in total. The van der Waals surface area contributed by atoms with Crippen LogP contribution in [0.3, 0.4) is 0 Å². The van der Waals surface area contributed by atoms with Crippen LogP contribution in [0, 0.1) is 6.92 Å². The van der Waals surface area contributed by atoms with Gasteiger partial charge in [0, 0.05) is 5.69 Å². The molecule has 2 heterocycles. The van der Waals surface area contributed by atoms with Gasteiger partial charge in [-0.05, 0) is 46.2 Å². The first kappa shape index (κ1) is 14.6. The van der Waals surface area contributed by atoms with Crippen LogP contribution in [0.1, 0.15) is 39.0 Å². The van der Waals surface area contributed by atoms with Crippen molar-refractivity contribution in [2.45, 2.75) is 45.8 Å². The van der Waals surface area contributed by atoms with E-state index >= 15 is 0 Å². The SMILES string of the molecule is Cc1nc(Cl)ccc1/C=C/B1OC(C)(C)C(C)(C)O1. The summed E-state index contributed by atoms with van der Waals surface area (Å²) in [5, 5.41) is 0.505. The van der Waals surface area contributed by atoms with E-state index in [1.165, 1.54) is 0 Å². The van der Waals surface area contributed by atoms with Gasteiger partial charge in [0.15, 0.2) is 0 Å². The van der Waals surface area contributed by atoms with Crippen molar-refractivity contribution in [3.05, 3.63) is 34.5 Å². The van der Waals surface area contributed by atoms with Gasteiger partial charge in [-0.15, -0.1) is 0 Å². The van der Waals surface area contributed by atoms with Crippen molar-refractivity contribution in [1.29, 1.82) is 0 Å². The molecular formula is C14H19BClNO2. The minimum atomic E-state index is -0.333. The highest BCUT2D eigenvalue weighted by atomic mass is 35.5. The highest BCUT2D eigenvalue weighted by molar-refractivity contribution is 6.52. The molecule has 0 bridgehead atoms. The highest BCUT2D eigenvalue weighted by Gasteiger charge is 2.49. The molecule has 1 aromatic heterocycles. The highest BCUT2D eigenvalue weighted by Crippen LogP contribution is 2.37. The molecule has 1 fully saturated rings. The lowest BCUT2D eigenvalue weighted by molar-refractivity contribution is 0.00578. The van der Waals surface area contributed by atoms with E-state index in [-0.39, 0.29) is 18.3 Å². The largest absolute Gasteiger partial charge is 0.487 e. The van der Waals surface area contributed by atoms with E-state index in [4.69, 9.17) is 20.9 Å². The summed E-state index contributed by atoms with van der Waals surface area (Å²) in [6.45, 7) is 10.1. The second kappa shape index (κ2) is 4.93. The molecule has 2 rings (SSSR count). The summed E-state index contributed by atoms with van der Waals surface area (Å²) in [5.41, 5.74) is 1.28. The third-order valence-electron chi connectivity index (χ3n) is 3.80. The lowest BCUT2D eigenvalue weighted by Gasteiger charge is -2.32. The van der Waals surface area contributed by atoms with Gasteiger partial charge in [-0.3, -0.25) is 0 Å². The molecule has 1 aliphatic rings. The van der Waals surface area contributed by atoms with E-state index in [1.807, 2.05) is 52.7 Å². The smallest absolute Gasteiger partial charge is 0.400 e. The topological polar surface area (TPSA) is 31.4 Å². The van der Waals surface area contributed by atoms with Crippen molar-refractivity contribution in [3.8, 4) is 0 Å². The zero-order valence-electron chi connectivity index (χ0n) is 12.0. The Bertz CT molecular complexity index is 498. The van der Waals surface area contributed by atoms with Gasteiger partial charge in [0.1, 0.15) is 5.15 Å². The molecule has 0 spiro atoms. The van der Waals surface area contributed by atoms with E-state index < -0.39 is 0 Å². The Morgan fingerprint density at radius 3 is 2.26 bits per heavy atom. The maximum atomic E-state index is 5.89. The van der Waals surface area contributed by atoms with Crippen LogP contribution in [-0.2, 0) is 9.31 Å². The first-order chi connectivity index (χ1) is 8.71. The normalized spacial score (nSPS) is 21.3. The van der Waals surface area contributed by atoms with Crippen LogP contribution < -0.4 is 0 Å². The van der Waals surface area contributed by atoms with Crippen molar-refractivity contribution >= 4 is 24.8 Å². The summed E-state index contributed by atoms with van der Waals surface area (Å²) in [4.78, 5) is 4.21. The Morgan fingerprint density at radius 1 is 1.16 bits per heavy atom. The number of aromatic nitrogens is 1. The Labute approximate surface area is 120 Å². The van der Waals surface area contributed by atoms with Crippen molar-refractivity contribution in [1.82, 2.24) is 4.98 Å². The van der Waals surface area contributed by atoms with Crippen LogP contribution in [0.25, 0.3) is 6.08 Å². The van der Waals surface area contributed by atoms with E-state index in [2.05, 4.69) is 4.98 Å². The van der Waals surface area contributed by atoms with Gasteiger partial charge in [-0.25, -0.2) is 4.98 Å². The summed E-state index contributed by atoms with van der Waals surface area (Å²) in [6, 6.07) is 3.71. The fourth-order valence-corrected chi connectivity index (χ4v) is 2.06. The third-order valence-corrected chi connectivity index (χ3v) is 4.01. The Morgan fingerprint density at radius 2 is 1.74 bits per heavy atom. The molecule has 19 heavy (non-hydrogen) atoms. The third kappa shape index (κ3) is 3.02. The van der Waals surface area contributed by atoms with Gasteiger partial charge in [-0.1, -0.05) is 29.7 Å². The molecule has 0 saturated carbocycles. The first-order valence-corrected chi connectivity index (χ1v) is 6.76. The second-order valence-electron chi connectivity index (χ2n) is 5.79. The maximum absolute atomic E-state index is 5.89. The molecular weight excluding hydrogens is 260 g/mol. The summed E-state index contributed by atoms with van der Waals surface area (Å²) >= 11 is 5.83. The molecule has 1 aromatic rings. The van der Waals surface area contributed by atoms with E-state index in [1.54, 1.807) is 6.07 Å². The average Bonchev–Trinajstić information content (AvgIpc) is 2.46. The zero-order chi connectivity index (χ0) is 14.3. The summed E-state index contributed by atoms with van der Waals surface area (Å²) < 4.78 is 11.8. The van der Waals surface area contributed by atoms with Crippen LogP contribution >= 0.6 is 11.6 Å². The number of hydrogen-bond acceptors (Lipinski definition) is 3. The van der Waals surface area contributed by atoms with Crippen LogP contribution in [0.2, 0.25) is 5.15 Å². The van der Waals surface area contributed by atoms with Crippen molar-refractivity contribution in [2.24, 2.45) is 0 Å². The lowest BCUT2D eigenvalue weighted by atomic mass is 9.89. The Balaban J connectivity index is 2.13. The fraction of sp³-hybridized carbons (Fsp3) is 0.500. The average molecular weight is 280 g/mol. The molecule has 3 nitrogen and oxygen atoms in total. The van der Waals surface area contributed by atoms with Gasteiger partial charge in [0.2, 0.25) is 0 Å². The van der Waals surface area contributed by atoms with Crippen LogP contribution in [0.4, 0.5) is 0 Å². The van der Waals surface area contributed by atoms with Gasteiger partial charge < -0.3 is 9.31 Å². The van der Waals surface area contributed by atoms with Crippen LogP contribution in [0.5, 0.6) is 0 Å². The first-order valence-electron chi connectivity index (χ1n) is 6.38. The van der Waals surface area contributed by atoms with Gasteiger partial charge >= 0.3 is 7.12 Å². The molecule has 0 aromatic carbocycles. The molecule has 1 aliphatic heterocycles. The van der Waals surface area contributed by atoms with Gasteiger partial charge in [0.05, 0.1) is 11.2 Å². The number of nitrogens with zero attached hydrogens (tertiary/aromatic N) is 1. The number of halogens is 1. The number of rotatable bonds is 2. The molecule has 0 aliphatic carbocycles. The van der Waals surface area contributed by atoms with Crippen molar-refractivity contribution in [2.75, 3.05) is 0 Å². The predicted octanol–water partition coefficient (Wildman–Crippen LogP) is 3.69. The number of hydrogen-bond donors (Lipinski definition) is 0. The summed E-state index contributed by atoms with van der Waals surface area (Å²) in [6.07, 6.45) is 1.96. The van der Waals surface area contributed by atoms with Gasteiger partial charge in [0.25, 0.3) is 0 Å². The molecule has 0 atom stereocenters. The van der Waals surface area contributed by atoms with Gasteiger partial charge in [-0.2, -0.15) is 0 Å². The zero-order valence-corrected chi connectivity index (χ0v) is 12.8. The van der Waals surface area contributed by atoms with E-state index in [0.717, 1.165) is 11.3 Å². The second-order valence-corrected chi connectivity index (χ2v) is 6.18. The summed E-state index contributed by atoms with van der Waals surface area (Å²) in [7, 11) is -0.333. The standard InChI is InChI=1S/C14H19BClNO2/c1-10-11(6-7-12(16)17-10)8-9-15-18-13(2,3)14(4,5)19-15/h6-9H,1-5H3/b9-8+. The monoisotopic (exact) mass is 279 g/mol. The lowest BCUT2D eigenvalue weighted by Crippen LogP contribution is -2.41. The minimum absolute atomic E-state index is 0.310. The quantitative estimate of drug-likeness (QED) is 0.611. The molecule has 102 valence electrons. The number of pyridine rings is 1. The van der Waals surface area contributed by atoms with Crippen molar-refractivity contribution < 1.29 is 9.31 Å². The van der Waals surface area contributed by atoms with E-state index in [9.17, 15) is 0 Å². The fourth-order valence-electron chi connectivity index (χ4n) is 1.87. The minimum Gasteiger partial charge on any atom is -0.400 e. The molecule has 5 heteroatoms. The Kier molecular flexibility index (Phi) is 3.78. The predicted molar refractivity (Wildman–Crippen MR) is 79.1 cm³/mol. The van der Waals surface area contributed by atoms with Crippen LogP contribution in [0.15, 0.2) is 18.1 Å². The van der Waals surface area contributed by atoms with Crippen molar-refractivity contribution in [3.63, 3.8) is 0 Å². The molecule has 0 radical (unpaired) electrons. The summed E-state index contributed by atoms with van der Waals surface area (Å²) in [5.74, 6) is 1.91. The number of aryl methyl sites for hydroxylation is 1. The maximum Gasteiger partial charge on any atom is 0.487 e. The molecule has 1 saturated heterocycles. The molecule has 0 unspecified atom stereocenters. The Hall–Kier alpha value is -0.835. The van der Waals surface area contributed by atoms with E-state index in [0.29, 0.717) is 5.15 Å².